The molecule has 2 heterocycles. The Morgan fingerprint density at radius 2 is 2.05 bits per heavy atom. The highest BCUT2D eigenvalue weighted by atomic mass is 16.3. The van der Waals surface area contributed by atoms with Crippen molar-refractivity contribution in [1.29, 1.82) is 0 Å². The van der Waals surface area contributed by atoms with Crippen LogP contribution in [0, 0.1) is 6.92 Å². The third-order valence-electron chi connectivity index (χ3n) is 3.81. The Morgan fingerprint density at radius 1 is 1.35 bits per heavy atom. The van der Waals surface area contributed by atoms with E-state index in [1.54, 1.807) is 17.9 Å². The molecule has 0 N–H and O–H groups in total. The standard InChI is InChI=1S/C15H22N2O3/c1-3-16(15(19)13-7-11-20-12(13)2)10-6-14(18)17-8-4-5-9-17/h7,11H,3-6,8-10H2,1-2H3. The highest BCUT2D eigenvalue weighted by molar-refractivity contribution is 5.95. The van der Waals surface area contributed by atoms with Crippen LogP contribution in [0.1, 0.15) is 42.3 Å². The Morgan fingerprint density at radius 3 is 2.60 bits per heavy atom. The predicted octanol–water partition coefficient (Wildman–Crippen LogP) is 2.06. The van der Waals surface area contributed by atoms with Gasteiger partial charge in [0.25, 0.3) is 5.91 Å². The SMILES string of the molecule is CCN(CCC(=O)N1CCCC1)C(=O)c1ccoc1C. The van der Waals surface area contributed by atoms with Crippen LogP contribution in [0.2, 0.25) is 0 Å². The van der Waals surface area contributed by atoms with Crippen molar-refractivity contribution in [1.82, 2.24) is 9.80 Å². The smallest absolute Gasteiger partial charge is 0.257 e. The number of hydrogen-bond acceptors (Lipinski definition) is 3. The molecule has 5 heteroatoms. The Bertz CT molecular complexity index is 475. The third-order valence-corrected chi connectivity index (χ3v) is 3.81. The first-order valence-corrected chi connectivity index (χ1v) is 7.24. The van der Waals surface area contributed by atoms with Gasteiger partial charge in [-0.25, -0.2) is 0 Å². The van der Waals surface area contributed by atoms with E-state index in [2.05, 4.69) is 0 Å². The molecule has 1 aliphatic rings. The number of carbonyl (C=O) groups excluding carboxylic acids is 2. The number of carbonyl (C=O) groups is 2. The largest absolute Gasteiger partial charge is 0.469 e. The summed E-state index contributed by atoms with van der Waals surface area (Å²) in [4.78, 5) is 27.9. The molecular formula is C15H22N2O3. The molecule has 2 rings (SSSR count). The number of likely N-dealkylation sites (tertiary alicyclic amines) is 1. The first kappa shape index (κ1) is 14.6. The fraction of sp³-hybridized carbons (Fsp3) is 0.600. The minimum absolute atomic E-state index is 0.0621. The number of nitrogens with zero attached hydrogens (tertiary/aromatic N) is 2. The second-order valence-corrected chi connectivity index (χ2v) is 5.11. The first-order chi connectivity index (χ1) is 9.63. The van der Waals surface area contributed by atoms with Gasteiger partial charge in [0.2, 0.25) is 5.91 Å². The van der Waals surface area contributed by atoms with E-state index in [9.17, 15) is 9.59 Å². The molecule has 0 spiro atoms. The topological polar surface area (TPSA) is 53.8 Å². The molecule has 0 radical (unpaired) electrons. The molecule has 0 bridgehead atoms. The fourth-order valence-corrected chi connectivity index (χ4v) is 2.54. The van der Waals surface area contributed by atoms with Crippen LogP contribution in [0.25, 0.3) is 0 Å². The van der Waals surface area contributed by atoms with Crippen LogP contribution < -0.4 is 0 Å². The molecular weight excluding hydrogens is 256 g/mol. The van der Waals surface area contributed by atoms with Crippen LogP contribution in [0.4, 0.5) is 0 Å². The number of amides is 2. The van der Waals surface area contributed by atoms with Crippen molar-refractivity contribution in [2.75, 3.05) is 26.2 Å². The maximum atomic E-state index is 12.3. The Kier molecular flexibility index (Phi) is 4.82. The zero-order valence-electron chi connectivity index (χ0n) is 12.2. The summed E-state index contributed by atoms with van der Waals surface area (Å²) in [7, 11) is 0. The normalized spacial score (nSPS) is 14.6. The lowest BCUT2D eigenvalue weighted by molar-refractivity contribution is -0.130. The number of furan rings is 1. The van der Waals surface area contributed by atoms with Crippen molar-refractivity contribution in [3.05, 3.63) is 23.7 Å². The third kappa shape index (κ3) is 3.21. The highest BCUT2D eigenvalue weighted by Gasteiger charge is 2.21. The van der Waals surface area contributed by atoms with Gasteiger partial charge in [-0.1, -0.05) is 0 Å². The van der Waals surface area contributed by atoms with Crippen LogP contribution in [0.15, 0.2) is 16.7 Å². The quantitative estimate of drug-likeness (QED) is 0.828. The Hall–Kier alpha value is -1.78. The lowest BCUT2D eigenvalue weighted by atomic mass is 10.2. The van der Waals surface area contributed by atoms with E-state index < -0.39 is 0 Å². The average molecular weight is 278 g/mol. The molecule has 0 saturated carbocycles. The van der Waals surface area contributed by atoms with Gasteiger partial charge in [-0.3, -0.25) is 9.59 Å². The molecule has 5 nitrogen and oxygen atoms in total. The van der Waals surface area contributed by atoms with Crippen molar-refractivity contribution in [3.63, 3.8) is 0 Å². The number of aryl methyl sites for hydroxylation is 1. The summed E-state index contributed by atoms with van der Waals surface area (Å²) in [6, 6.07) is 1.68. The molecule has 0 unspecified atom stereocenters. The molecule has 0 atom stereocenters. The fourth-order valence-electron chi connectivity index (χ4n) is 2.54. The minimum atomic E-state index is -0.0621. The van der Waals surface area contributed by atoms with E-state index in [1.807, 2.05) is 11.8 Å². The van der Waals surface area contributed by atoms with E-state index in [4.69, 9.17) is 4.42 Å². The maximum absolute atomic E-state index is 12.3. The van der Waals surface area contributed by atoms with Crippen molar-refractivity contribution in [2.45, 2.75) is 33.1 Å². The summed E-state index contributed by atoms with van der Waals surface area (Å²) >= 11 is 0. The first-order valence-electron chi connectivity index (χ1n) is 7.24. The summed E-state index contributed by atoms with van der Waals surface area (Å²) in [5.74, 6) is 0.713. The van der Waals surface area contributed by atoms with Crippen LogP contribution in [-0.2, 0) is 4.79 Å². The maximum Gasteiger partial charge on any atom is 0.257 e. The summed E-state index contributed by atoms with van der Waals surface area (Å²) in [6.07, 6.45) is 4.11. The summed E-state index contributed by atoms with van der Waals surface area (Å²) in [6.45, 7) is 6.48. The molecule has 0 aliphatic carbocycles. The van der Waals surface area contributed by atoms with Gasteiger partial charge in [-0.2, -0.15) is 0 Å². The average Bonchev–Trinajstić information content (AvgIpc) is 3.09. The second-order valence-electron chi connectivity index (χ2n) is 5.11. The zero-order valence-corrected chi connectivity index (χ0v) is 12.2. The van der Waals surface area contributed by atoms with Gasteiger partial charge in [-0.05, 0) is 32.8 Å². The van der Waals surface area contributed by atoms with Crippen molar-refractivity contribution in [2.24, 2.45) is 0 Å². The van der Waals surface area contributed by atoms with Crippen LogP contribution in [0.3, 0.4) is 0 Å². The van der Waals surface area contributed by atoms with Gasteiger partial charge >= 0.3 is 0 Å². The van der Waals surface area contributed by atoms with E-state index in [-0.39, 0.29) is 11.8 Å². The van der Waals surface area contributed by atoms with Crippen molar-refractivity contribution >= 4 is 11.8 Å². The monoisotopic (exact) mass is 278 g/mol. The van der Waals surface area contributed by atoms with Crippen LogP contribution in [0.5, 0.6) is 0 Å². The molecule has 1 fully saturated rings. The van der Waals surface area contributed by atoms with Gasteiger partial charge < -0.3 is 14.2 Å². The molecule has 0 aromatic carbocycles. The summed E-state index contributed by atoms with van der Waals surface area (Å²) in [5, 5.41) is 0. The molecule has 2 amide bonds. The second kappa shape index (κ2) is 6.59. The molecule has 1 saturated heterocycles. The molecule has 1 aliphatic heterocycles. The number of rotatable bonds is 5. The molecule has 20 heavy (non-hydrogen) atoms. The van der Waals surface area contributed by atoms with Crippen molar-refractivity contribution in [3.8, 4) is 0 Å². The molecule has 110 valence electrons. The van der Waals surface area contributed by atoms with Gasteiger partial charge in [0.15, 0.2) is 0 Å². The van der Waals surface area contributed by atoms with E-state index >= 15 is 0 Å². The Labute approximate surface area is 119 Å². The Balaban J connectivity index is 1.90. The minimum Gasteiger partial charge on any atom is -0.469 e. The summed E-state index contributed by atoms with van der Waals surface area (Å²) in [5.41, 5.74) is 0.584. The zero-order chi connectivity index (χ0) is 14.5. The lowest BCUT2D eigenvalue weighted by Crippen LogP contribution is -2.36. The van der Waals surface area contributed by atoms with Crippen LogP contribution in [-0.4, -0.2) is 47.8 Å². The molecule has 1 aromatic heterocycles. The predicted molar refractivity (Wildman–Crippen MR) is 75.5 cm³/mol. The van der Waals surface area contributed by atoms with E-state index in [0.29, 0.717) is 30.8 Å². The highest BCUT2D eigenvalue weighted by Crippen LogP contribution is 2.13. The van der Waals surface area contributed by atoms with Gasteiger partial charge in [0, 0.05) is 32.6 Å². The molecule has 1 aromatic rings. The summed E-state index contributed by atoms with van der Waals surface area (Å²) < 4.78 is 5.16. The van der Waals surface area contributed by atoms with E-state index in [0.717, 1.165) is 25.9 Å². The van der Waals surface area contributed by atoms with Gasteiger partial charge in [0.1, 0.15) is 5.76 Å². The lowest BCUT2D eigenvalue weighted by Gasteiger charge is -2.22. The number of hydrogen-bond donors (Lipinski definition) is 0. The van der Waals surface area contributed by atoms with Gasteiger partial charge in [0.05, 0.1) is 11.8 Å². The van der Waals surface area contributed by atoms with Crippen molar-refractivity contribution < 1.29 is 14.0 Å². The van der Waals surface area contributed by atoms with E-state index in [1.165, 1.54) is 6.26 Å². The van der Waals surface area contributed by atoms with Crippen LogP contribution >= 0.6 is 0 Å². The van der Waals surface area contributed by atoms with Gasteiger partial charge in [-0.15, -0.1) is 0 Å².